The van der Waals surface area contributed by atoms with Gasteiger partial charge in [0.25, 0.3) is 0 Å². The van der Waals surface area contributed by atoms with Gasteiger partial charge in [0, 0.05) is 15.9 Å². The van der Waals surface area contributed by atoms with Gasteiger partial charge >= 0.3 is 5.09 Å². The van der Waals surface area contributed by atoms with E-state index in [-0.39, 0.29) is 17.0 Å². The molecule has 0 aliphatic rings. The second-order valence-electron chi connectivity index (χ2n) is 0.429. The minimum absolute atomic E-state index is 0. The van der Waals surface area contributed by atoms with Crippen molar-refractivity contribution in [2.24, 2.45) is 0 Å². The summed E-state index contributed by atoms with van der Waals surface area (Å²) in [6.45, 7) is 0. The van der Waals surface area contributed by atoms with Crippen molar-refractivity contribution in [1.29, 1.82) is 0 Å². The maximum Gasteiger partial charge on any atom is 0.448 e. The van der Waals surface area contributed by atoms with Crippen molar-refractivity contribution in [2.75, 3.05) is 0 Å². The van der Waals surface area contributed by atoms with Crippen LogP contribution in [-0.2, 0) is 0 Å². The smallest absolute Gasteiger partial charge is 0.160 e. The predicted octanol–water partition coefficient (Wildman–Crippen LogP) is 2.48. The Morgan fingerprint density at radius 2 is 1.17 bits per heavy atom. The average Bonchev–Trinajstić information content (AvgIpc) is 0.722. The quantitative estimate of drug-likeness (QED) is 0.560. The summed E-state index contributed by atoms with van der Waals surface area (Å²) in [5.74, 6) is 0. The molecule has 0 saturated carbocycles. The van der Waals surface area contributed by atoms with Crippen molar-refractivity contribution < 1.29 is 13.2 Å². The summed E-state index contributed by atoms with van der Waals surface area (Å²) < 4.78 is 30.8. The molecule has 0 aliphatic heterocycles. The van der Waals surface area contributed by atoms with Crippen LogP contribution in [0, 0.1) is 0 Å². The molecule has 0 saturated heterocycles. The molecule has 5 heteroatoms. The zero-order chi connectivity index (χ0) is 4.50. The fourth-order valence-corrected chi connectivity index (χ4v) is 0. The van der Waals surface area contributed by atoms with Crippen LogP contribution < -0.4 is 0 Å². The lowest BCUT2D eigenvalue weighted by atomic mass is 11.6. The van der Waals surface area contributed by atoms with Gasteiger partial charge in [-0.15, -0.1) is 17.0 Å². The lowest BCUT2D eigenvalue weighted by Gasteiger charge is -1.85. The van der Waals surface area contributed by atoms with Crippen LogP contribution in [0.1, 0.15) is 0 Å². The van der Waals surface area contributed by atoms with E-state index >= 15 is 0 Å². The standard InChI is InChI=1S/CBrF3.BrH/c2-1(3,4)5;/h;1H. The summed E-state index contributed by atoms with van der Waals surface area (Å²) in [7, 11) is 0. The fraction of sp³-hybridized carbons (Fsp3) is 1.00. The first-order valence-corrected chi connectivity index (χ1v) is 1.55. The van der Waals surface area contributed by atoms with Gasteiger partial charge in [-0.05, 0) is 0 Å². The highest BCUT2D eigenvalue weighted by Gasteiger charge is 2.19. The van der Waals surface area contributed by atoms with E-state index in [0.29, 0.717) is 0 Å². The molecule has 0 aromatic rings. The highest BCUT2D eigenvalue weighted by atomic mass is 79.9. The summed E-state index contributed by atoms with van der Waals surface area (Å²) in [4.78, 5) is 0. The predicted molar refractivity (Wildman–Crippen MR) is 25.3 cm³/mol. The maximum atomic E-state index is 10.3. The molecule has 0 aromatic carbocycles. The number of hydrogen-bond donors (Lipinski definition) is 0. The third-order valence-corrected chi connectivity index (χ3v) is 0. The molecule has 0 atom stereocenters. The van der Waals surface area contributed by atoms with E-state index in [0.717, 1.165) is 0 Å². The summed E-state index contributed by atoms with van der Waals surface area (Å²) >= 11 is 1.38. The van der Waals surface area contributed by atoms with Crippen molar-refractivity contribution in [3.8, 4) is 0 Å². The van der Waals surface area contributed by atoms with Crippen LogP contribution in [0.15, 0.2) is 0 Å². The molecule has 0 N–H and O–H groups in total. The Morgan fingerprint density at radius 1 is 1.17 bits per heavy atom. The van der Waals surface area contributed by atoms with E-state index in [9.17, 15) is 13.2 Å². The van der Waals surface area contributed by atoms with Gasteiger partial charge in [0.1, 0.15) is 0 Å². The summed E-state index contributed by atoms with van der Waals surface area (Å²) in [6.07, 6.45) is 0. The van der Waals surface area contributed by atoms with Crippen LogP contribution in [0.3, 0.4) is 0 Å². The monoisotopic (exact) mass is 228 g/mol. The Bertz CT molecular complexity index is 24.3. The summed E-state index contributed by atoms with van der Waals surface area (Å²) in [5, 5.41) is -4.19. The Kier molecular flexibility index (Phi) is 4.69. The van der Waals surface area contributed by atoms with E-state index in [2.05, 4.69) is 0 Å². The average molecular weight is 230 g/mol. The molecular formula is CHBr2F3. The highest BCUT2D eigenvalue weighted by Crippen LogP contribution is 2.21. The molecule has 0 aliphatic carbocycles. The SMILES string of the molecule is Br.FC(F)(F)Br. The van der Waals surface area contributed by atoms with E-state index in [1.54, 1.807) is 0 Å². The second kappa shape index (κ2) is 2.85. The molecule has 0 heterocycles. The Hall–Kier alpha value is 0.750. The van der Waals surface area contributed by atoms with Crippen molar-refractivity contribution in [3.05, 3.63) is 0 Å². The van der Waals surface area contributed by atoms with Crippen LogP contribution in [0.2, 0.25) is 0 Å². The highest BCUT2D eigenvalue weighted by molar-refractivity contribution is 9.09. The minimum atomic E-state index is -4.19. The van der Waals surface area contributed by atoms with Gasteiger partial charge < -0.3 is 0 Å². The van der Waals surface area contributed by atoms with Gasteiger partial charge in [-0.3, -0.25) is 0 Å². The van der Waals surface area contributed by atoms with Gasteiger partial charge in [-0.25, -0.2) is 0 Å². The molecule has 0 fully saturated rings. The molecule has 0 spiro atoms. The number of rotatable bonds is 0. The molecule has 40 valence electrons. The van der Waals surface area contributed by atoms with E-state index in [1.807, 2.05) is 0 Å². The Balaban J connectivity index is 0. The second-order valence-corrected chi connectivity index (χ2v) is 1.33. The molecule has 0 bridgehead atoms. The third-order valence-electron chi connectivity index (χ3n) is 0. The topological polar surface area (TPSA) is 0 Å². The molecular weight excluding hydrogens is 229 g/mol. The summed E-state index contributed by atoms with van der Waals surface area (Å²) in [5.41, 5.74) is 0. The fourth-order valence-electron chi connectivity index (χ4n) is 0. The molecule has 6 heavy (non-hydrogen) atoms. The van der Waals surface area contributed by atoms with Gasteiger partial charge in [0.2, 0.25) is 0 Å². The van der Waals surface area contributed by atoms with Crippen LogP contribution in [-0.4, -0.2) is 5.09 Å². The van der Waals surface area contributed by atoms with Crippen molar-refractivity contribution in [3.63, 3.8) is 0 Å². The van der Waals surface area contributed by atoms with Crippen LogP contribution in [0.5, 0.6) is 0 Å². The number of halogens is 5. The zero-order valence-corrected chi connectivity index (χ0v) is 5.72. The third kappa shape index (κ3) is 119. The Morgan fingerprint density at radius 3 is 1.17 bits per heavy atom. The normalized spacial score (nSPS) is 10.0. The van der Waals surface area contributed by atoms with Crippen LogP contribution in [0.25, 0.3) is 0 Å². The van der Waals surface area contributed by atoms with Gasteiger partial charge in [0.05, 0.1) is 0 Å². The molecule has 0 unspecified atom stereocenters. The van der Waals surface area contributed by atoms with E-state index in [4.69, 9.17) is 0 Å². The molecule has 0 rings (SSSR count). The van der Waals surface area contributed by atoms with Gasteiger partial charge in [-0.1, -0.05) is 0 Å². The van der Waals surface area contributed by atoms with Crippen molar-refractivity contribution in [2.45, 2.75) is 5.09 Å². The summed E-state index contributed by atoms with van der Waals surface area (Å²) in [6, 6.07) is 0. The number of hydrogen-bond acceptors (Lipinski definition) is 0. The largest absolute Gasteiger partial charge is 0.448 e. The van der Waals surface area contributed by atoms with E-state index < -0.39 is 5.09 Å². The lowest BCUT2D eigenvalue weighted by molar-refractivity contribution is -0.0245. The molecule has 0 amide bonds. The first-order chi connectivity index (χ1) is 2.00. The number of alkyl halides is 4. The molecule has 0 aromatic heterocycles. The van der Waals surface area contributed by atoms with Crippen LogP contribution >= 0.6 is 32.9 Å². The van der Waals surface area contributed by atoms with E-state index in [1.165, 1.54) is 15.9 Å². The minimum Gasteiger partial charge on any atom is -0.160 e. The maximum absolute atomic E-state index is 10.3. The zero-order valence-electron chi connectivity index (χ0n) is 2.42. The van der Waals surface area contributed by atoms with Gasteiger partial charge in [-0.2, -0.15) is 13.2 Å². The van der Waals surface area contributed by atoms with Crippen molar-refractivity contribution in [1.82, 2.24) is 0 Å². The lowest BCUT2D eigenvalue weighted by Crippen LogP contribution is -1.88. The first-order valence-electron chi connectivity index (χ1n) is 0.756. The molecule has 0 nitrogen and oxygen atoms in total. The van der Waals surface area contributed by atoms with Gasteiger partial charge in [0.15, 0.2) is 0 Å². The molecule has 0 radical (unpaired) electrons. The van der Waals surface area contributed by atoms with Crippen molar-refractivity contribution >= 4 is 32.9 Å². The first kappa shape index (κ1) is 9.89. The Labute approximate surface area is 51.6 Å². The van der Waals surface area contributed by atoms with Crippen LogP contribution in [0.4, 0.5) is 13.2 Å².